The number of hydrogen-bond acceptors (Lipinski definition) is 3. The fraction of sp³-hybridized carbons (Fsp3) is 0.643. The maximum Gasteiger partial charge on any atom is 0.213 e. The summed E-state index contributed by atoms with van der Waals surface area (Å²) < 4.78 is 5.41. The van der Waals surface area contributed by atoms with Crippen LogP contribution in [-0.2, 0) is 6.42 Å². The molecule has 0 atom stereocenters. The number of halogens is 1. The van der Waals surface area contributed by atoms with E-state index in [4.69, 9.17) is 4.74 Å². The van der Waals surface area contributed by atoms with Crippen molar-refractivity contribution in [3.8, 4) is 5.88 Å². The van der Waals surface area contributed by atoms with Gasteiger partial charge in [0.15, 0.2) is 0 Å². The van der Waals surface area contributed by atoms with Gasteiger partial charge in [-0.3, -0.25) is 0 Å². The Labute approximate surface area is 130 Å². The van der Waals surface area contributed by atoms with E-state index >= 15 is 0 Å². The molecule has 1 rings (SSSR count). The summed E-state index contributed by atoms with van der Waals surface area (Å²) in [6, 6.07) is 4.01. The van der Waals surface area contributed by atoms with Crippen LogP contribution >= 0.6 is 24.0 Å². The summed E-state index contributed by atoms with van der Waals surface area (Å²) in [4.78, 5) is 4.22. The molecule has 1 N–H and O–H groups in total. The molecule has 1 aromatic rings. The quantitative estimate of drug-likeness (QED) is 0.611. The number of ether oxygens (including phenoxy) is 1. The Kier molecular flexibility index (Phi) is 16.3. The van der Waals surface area contributed by atoms with Crippen LogP contribution in [0.25, 0.3) is 0 Å². The van der Waals surface area contributed by atoms with E-state index in [-0.39, 0.29) is 25.4 Å². The second-order valence-corrected chi connectivity index (χ2v) is 3.91. The molecule has 4 heteroatoms. The standard InChI is InChI=1S/C11H18N2O.C3H8.HI.H2/c1-3-4-10-5-6-11(13-9-10)14-8-7-12-2;1-3-2;;/h5-6,9,12H,3-4,7-8H2,1-2H3;3H2,1-2H3;2*1H. The highest BCUT2D eigenvalue weighted by molar-refractivity contribution is 14.0. The fourth-order valence-electron chi connectivity index (χ4n) is 1.19. The van der Waals surface area contributed by atoms with Crippen molar-refractivity contribution in [1.82, 2.24) is 10.3 Å². The van der Waals surface area contributed by atoms with Crippen molar-refractivity contribution in [2.75, 3.05) is 20.2 Å². The third kappa shape index (κ3) is 10.8. The van der Waals surface area contributed by atoms with Gasteiger partial charge in [-0.25, -0.2) is 4.98 Å². The van der Waals surface area contributed by atoms with Crippen LogP contribution in [0.3, 0.4) is 0 Å². The van der Waals surface area contributed by atoms with Gasteiger partial charge in [0.05, 0.1) is 0 Å². The van der Waals surface area contributed by atoms with Crippen molar-refractivity contribution in [2.24, 2.45) is 0 Å². The zero-order valence-corrected chi connectivity index (χ0v) is 14.4. The van der Waals surface area contributed by atoms with Crippen LogP contribution in [0.4, 0.5) is 0 Å². The van der Waals surface area contributed by atoms with Crippen LogP contribution in [0.15, 0.2) is 18.3 Å². The molecule has 0 saturated heterocycles. The molecule has 0 aliphatic carbocycles. The molecule has 3 nitrogen and oxygen atoms in total. The number of rotatable bonds is 6. The number of hydrogen-bond donors (Lipinski definition) is 1. The number of nitrogens with zero attached hydrogens (tertiary/aromatic N) is 1. The van der Waals surface area contributed by atoms with Gasteiger partial charge in [-0.2, -0.15) is 0 Å². The first-order chi connectivity index (χ1) is 8.28. The number of aryl methyl sites for hydroxylation is 1. The lowest BCUT2D eigenvalue weighted by Crippen LogP contribution is -2.16. The van der Waals surface area contributed by atoms with Crippen LogP contribution in [0.1, 0.15) is 40.6 Å². The molecule has 0 aliphatic heterocycles. The minimum atomic E-state index is 0. The second-order valence-electron chi connectivity index (χ2n) is 3.91. The van der Waals surface area contributed by atoms with E-state index in [0.717, 1.165) is 19.4 Å². The van der Waals surface area contributed by atoms with Crippen LogP contribution in [-0.4, -0.2) is 25.2 Å². The van der Waals surface area contributed by atoms with Gasteiger partial charge in [-0.05, 0) is 19.0 Å². The Hall–Kier alpha value is -0.360. The van der Waals surface area contributed by atoms with E-state index in [2.05, 4.69) is 37.1 Å². The number of nitrogens with one attached hydrogen (secondary N) is 1. The van der Waals surface area contributed by atoms with Gasteiger partial charge in [-0.15, -0.1) is 24.0 Å². The molecule has 108 valence electrons. The summed E-state index contributed by atoms with van der Waals surface area (Å²) in [6.07, 6.45) is 5.38. The molecule has 0 radical (unpaired) electrons. The van der Waals surface area contributed by atoms with Gasteiger partial charge in [0.1, 0.15) is 6.61 Å². The largest absolute Gasteiger partial charge is 0.476 e. The Morgan fingerprint density at radius 1 is 1.28 bits per heavy atom. The summed E-state index contributed by atoms with van der Waals surface area (Å²) in [5.41, 5.74) is 1.27. The van der Waals surface area contributed by atoms with Gasteiger partial charge >= 0.3 is 0 Å². The minimum Gasteiger partial charge on any atom is -0.476 e. The van der Waals surface area contributed by atoms with Crippen LogP contribution in [0, 0.1) is 0 Å². The summed E-state index contributed by atoms with van der Waals surface area (Å²) in [5, 5.41) is 3.02. The molecular formula is C14H29IN2O. The van der Waals surface area contributed by atoms with Crippen LogP contribution < -0.4 is 10.1 Å². The van der Waals surface area contributed by atoms with Crippen molar-refractivity contribution < 1.29 is 6.16 Å². The number of pyridine rings is 1. The fourth-order valence-corrected chi connectivity index (χ4v) is 1.19. The first kappa shape index (κ1) is 20.0. The van der Waals surface area contributed by atoms with E-state index < -0.39 is 0 Å². The molecule has 0 unspecified atom stereocenters. The lowest BCUT2D eigenvalue weighted by Gasteiger charge is -2.05. The van der Waals surface area contributed by atoms with Crippen LogP contribution in [0.5, 0.6) is 5.88 Å². The Balaban J connectivity index is -0.000000468. The van der Waals surface area contributed by atoms with Crippen molar-refractivity contribution in [1.29, 1.82) is 0 Å². The van der Waals surface area contributed by atoms with Gasteiger partial charge in [0, 0.05) is 20.2 Å². The zero-order chi connectivity index (χ0) is 12.9. The zero-order valence-electron chi connectivity index (χ0n) is 12.0. The average Bonchev–Trinajstić information content (AvgIpc) is 2.33. The Morgan fingerprint density at radius 2 is 1.94 bits per heavy atom. The molecule has 1 heterocycles. The minimum absolute atomic E-state index is 0. The lowest BCUT2D eigenvalue weighted by molar-refractivity contribution is 0.306. The molecule has 0 fully saturated rings. The van der Waals surface area contributed by atoms with Gasteiger partial charge in [0.25, 0.3) is 0 Å². The van der Waals surface area contributed by atoms with Gasteiger partial charge in [0.2, 0.25) is 5.88 Å². The maximum absolute atomic E-state index is 5.41. The molecular weight excluding hydrogens is 339 g/mol. The van der Waals surface area contributed by atoms with Crippen molar-refractivity contribution in [3.63, 3.8) is 0 Å². The normalized spacial score (nSPS) is 8.89. The highest BCUT2D eigenvalue weighted by Crippen LogP contribution is 2.08. The third-order valence-electron chi connectivity index (χ3n) is 1.94. The monoisotopic (exact) mass is 368 g/mol. The van der Waals surface area contributed by atoms with E-state index in [1.165, 1.54) is 12.0 Å². The summed E-state index contributed by atoms with van der Waals surface area (Å²) >= 11 is 0. The summed E-state index contributed by atoms with van der Waals surface area (Å²) in [7, 11) is 1.90. The first-order valence-corrected chi connectivity index (χ1v) is 6.50. The number of likely N-dealkylation sites (N-methyl/N-ethyl adjacent to an activating group) is 1. The van der Waals surface area contributed by atoms with E-state index in [1.807, 2.05) is 19.3 Å². The molecule has 0 amide bonds. The maximum atomic E-state index is 5.41. The lowest BCUT2D eigenvalue weighted by atomic mass is 10.2. The molecule has 0 aromatic carbocycles. The van der Waals surface area contributed by atoms with E-state index in [1.54, 1.807) is 0 Å². The summed E-state index contributed by atoms with van der Waals surface area (Å²) in [5.74, 6) is 0.708. The molecule has 1 aromatic heterocycles. The highest BCUT2D eigenvalue weighted by Gasteiger charge is 1.95. The van der Waals surface area contributed by atoms with Crippen molar-refractivity contribution >= 4 is 24.0 Å². The van der Waals surface area contributed by atoms with Gasteiger partial charge < -0.3 is 10.1 Å². The summed E-state index contributed by atoms with van der Waals surface area (Å²) in [6.45, 7) is 7.92. The molecule has 18 heavy (non-hydrogen) atoms. The highest BCUT2D eigenvalue weighted by atomic mass is 127. The first-order valence-electron chi connectivity index (χ1n) is 6.50. The van der Waals surface area contributed by atoms with E-state index in [0.29, 0.717) is 12.5 Å². The molecule has 0 saturated carbocycles. The topological polar surface area (TPSA) is 34.1 Å². The van der Waals surface area contributed by atoms with Crippen LogP contribution in [0.2, 0.25) is 0 Å². The Bertz CT molecular complexity index is 271. The molecule has 0 aliphatic rings. The van der Waals surface area contributed by atoms with E-state index in [9.17, 15) is 0 Å². The van der Waals surface area contributed by atoms with Crippen molar-refractivity contribution in [3.05, 3.63) is 23.9 Å². The van der Waals surface area contributed by atoms with Crippen molar-refractivity contribution in [2.45, 2.75) is 40.0 Å². The predicted molar refractivity (Wildman–Crippen MR) is 91.1 cm³/mol. The SMILES string of the molecule is CCC.CCCc1ccc(OCCNC)nc1.I.[HH]. The smallest absolute Gasteiger partial charge is 0.213 e. The number of aromatic nitrogens is 1. The van der Waals surface area contributed by atoms with Gasteiger partial charge in [-0.1, -0.05) is 39.7 Å². The second kappa shape index (κ2) is 14.7. The third-order valence-corrected chi connectivity index (χ3v) is 1.94. The molecule has 0 bridgehead atoms. The Morgan fingerprint density at radius 3 is 2.39 bits per heavy atom. The average molecular weight is 368 g/mol. The predicted octanol–water partition coefficient (Wildman–Crippen LogP) is 3.91. The molecule has 0 spiro atoms.